The van der Waals surface area contributed by atoms with E-state index in [1.54, 1.807) is 11.0 Å². The third-order valence-corrected chi connectivity index (χ3v) is 8.28. The lowest BCUT2D eigenvalue weighted by Gasteiger charge is -2.43. The molecule has 3 amide bonds. The summed E-state index contributed by atoms with van der Waals surface area (Å²) in [6, 6.07) is 9.00. The molecule has 192 valence electrons. The Balaban J connectivity index is 1.36. The quantitative estimate of drug-likeness (QED) is 0.312. The van der Waals surface area contributed by atoms with Gasteiger partial charge in [0.1, 0.15) is 43.2 Å². The van der Waals surface area contributed by atoms with Gasteiger partial charge in [0.05, 0.1) is 25.8 Å². The maximum Gasteiger partial charge on any atom is 0.255 e. The van der Waals surface area contributed by atoms with E-state index >= 15 is 0 Å². The van der Waals surface area contributed by atoms with E-state index in [4.69, 9.17) is 9.47 Å². The summed E-state index contributed by atoms with van der Waals surface area (Å²) < 4.78 is 12.0. The molecule has 3 aliphatic rings. The van der Waals surface area contributed by atoms with Gasteiger partial charge in [-0.2, -0.15) is 0 Å². The summed E-state index contributed by atoms with van der Waals surface area (Å²) in [4.78, 5) is 41.2. The normalized spacial score (nSPS) is 21.2. The van der Waals surface area contributed by atoms with Crippen LogP contribution in [0, 0.1) is 0 Å². The van der Waals surface area contributed by atoms with Crippen molar-refractivity contribution in [2.24, 2.45) is 0 Å². The summed E-state index contributed by atoms with van der Waals surface area (Å²) in [5.74, 6) is -0.261. The molecule has 2 atom stereocenters. The van der Waals surface area contributed by atoms with Gasteiger partial charge in [0.2, 0.25) is 11.8 Å². The van der Waals surface area contributed by atoms with Gasteiger partial charge in [0.25, 0.3) is 5.91 Å². The first-order valence-electron chi connectivity index (χ1n) is 13.5. The number of morpholine rings is 1. The van der Waals surface area contributed by atoms with E-state index < -0.39 is 11.9 Å². The second-order valence-electron chi connectivity index (χ2n) is 11.1. The molecule has 8 nitrogen and oxygen atoms in total. The Morgan fingerprint density at radius 2 is 1.76 bits per heavy atom. The van der Waals surface area contributed by atoms with Crippen LogP contribution in [-0.2, 0) is 26.2 Å². The fraction of sp³-hybridized carbons (Fsp3) is 0.400. The molecule has 1 N–H and O–H groups in total. The van der Waals surface area contributed by atoms with Gasteiger partial charge in [-0.1, -0.05) is 34.7 Å². The average Bonchev–Trinajstić information content (AvgIpc) is 3.21. The molecule has 0 radical (unpaired) electrons. The van der Waals surface area contributed by atoms with Gasteiger partial charge in [-0.25, -0.2) is 0 Å². The van der Waals surface area contributed by atoms with E-state index in [1.807, 2.05) is 20.0 Å². The molecule has 13 heteroatoms. The average molecular weight is 509 g/mol. The van der Waals surface area contributed by atoms with E-state index in [0.717, 1.165) is 37.4 Å². The zero-order valence-electron chi connectivity index (χ0n) is 22.9. The lowest BCUT2D eigenvalue weighted by molar-refractivity contribution is -0.136. The van der Waals surface area contributed by atoms with Crippen LogP contribution in [0.2, 0.25) is 0 Å². The maximum atomic E-state index is 13.2. The van der Waals surface area contributed by atoms with Crippen molar-refractivity contribution in [3.05, 3.63) is 52.6 Å². The number of rotatable bonds is 6. The summed E-state index contributed by atoms with van der Waals surface area (Å²) >= 11 is 0. The van der Waals surface area contributed by atoms with Crippen LogP contribution in [-0.4, -0.2) is 99.1 Å². The SMILES string of the molecule is Bc1cc(C(B)Oc2cccc3c2CN(C2CCC(=O)NC2=O)C3=O)cc(B)c1C(B)(B)N1CCOCC1. The Labute approximate surface area is 228 Å². The molecule has 3 aliphatic heterocycles. The molecule has 0 aliphatic carbocycles. The first kappa shape index (κ1) is 26.7. The van der Waals surface area contributed by atoms with Crippen molar-refractivity contribution in [1.82, 2.24) is 15.1 Å². The van der Waals surface area contributed by atoms with Gasteiger partial charge in [-0.3, -0.25) is 19.7 Å². The van der Waals surface area contributed by atoms with Crippen molar-refractivity contribution in [3.63, 3.8) is 0 Å². The fourth-order valence-electron chi connectivity index (χ4n) is 6.40. The zero-order chi connectivity index (χ0) is 27.2. The summed E-state index contributed by atoms with van der Waals surface area (Å²) in [6.45, 7) is 3.64. The molecule has 2 fully saturated rings. The number of nitrogens with zero attached hydrogens (tertiary/aromatic N) is 2. The summed E-state index contributed by atoms with van der Waals surface area (Å²) in [5.41, 5.74) is 6.20. The van der Waals surface area contributed by atoms with E-state index in [0.29, 0.717) is 17.7 Å². The minimum Gasteiger partial charge on any atom is -0.495 e. The number of hydrogen-bond acceptors (Lipinski definition) is 6. The molecule has 3 heterocycles. The number of carbonyl (C=O) groups excluding carboxylic acids is 3. The number of benzene rings is 2. The molecule has 0 saturated carbocycles. The Morgan fingerprint density at radius 1 is 1.08 bits per heavy atom. The lowest BCUT2D eigenvalue weighted by Crippen LogP contribution is -2.56. The highest BCUT2D eigenvalue weighted by molar-refractivity contribution is 6.47. The van der Waals surface area contributed by atoms with Crippen molar-refractivity contribution in [3.8, 4) is 5.75 Å². The monoisotopic (exact) mass is 509 g/mol. The van der Waals surface area contributed by atoms with Crippen LogP contribution >= 0.6 is 0 Å². The number of amides is 3. The molecule has 5 rings (SSSR count). The molecular formula is C25H32B5N3O5. The van der Waals surface area contributed by atoms with Crippen molar-refractivity contribution >= 4 is 67.9 Å². The molecule has 2 saturated heterocycles. The van der Waals surface area contributed by atoms with Crippen molar-refractivity contribution in [2.75, 3.05) is 26.3 Å². The maximum absolute atomic E-state index is 13.2. The molecule has 0 aromatic heterocycles. The summed E-state index contributed by atoms with van der Waals surface area (Å²) in [5, 5.41) is 2.25. The third kappa shape index (κ3) is 4.82. The van der Waals surface area contributed by atoms with Gasteiger partial charge in [0.15, 0.2) is 7.85 Å². The minimum atomic E-state index is -0.648. The standard InChI is InChI=1S/C25H32B5N3O5/c26-16-10-13(11-17(27)21(16)25(29,30)32-6-8-37-9-7-32)22(28)38-19-3-1-2-14-15(19)12-33(24(14)36)18-4-5-20(34)31-23(18)35/h1-3,10-11,18,22H,4-9,12,26-30H2,(H,31,34,35). The second-order valence-corrected chi connectivity index (χ2v) is 11.1. The Bertz CT molecular complexity index is 1280. The van der Waals surface area contributed by atoms with Crippen LogP contribution in [0.3, 0.4) is 0 Å². The lowest BCUT2D eigenvalue weighted by atomic mass is 9.52. The Morgan fingerprint density at radius 3 is 2.42 bits per heavy atom. The van der Waals surface area contributed by atoms with Gasteiger partial charge in [-0.05, 0) is 29.5 Å². The zero-order valence-corrected chi connectivity index (χ0v) is 22.9. The predicted molar refractivity (Wildman–Crippen MR) is 158 cm³/mol. The molecule has 2 aromatic rings. The third-order valence-electron chi connectivity index (χ3n) is 8.28. The number of hydrogen-bond donors (Lipinski definition) is 1. The minimum absolute atomic E-state index is 0.110. The topological polar surface area (TPSA) is 88.2 Å². The van der Waals surface area contributed by atoms with Gasteiger partial charge in [0, 0.05) is 30.6 Å². The highest BCUT2D eigenvalue weighted by Gasteiger charge is 2.40. The van der Waals surface area contributed by atoms with Crippen LogP contribution in [0.15, 0.2) is 30.3 Å². The van der Waals surface area contributed by atoms with Crippen LogP contribution in [0.25, 0.3) is 0 Å². The second kappa shape index (κ2) is 10.3. The van der Waals surface area contributed by atoms with E-state index in [2.05, 4.69) is 53.7 Å². The van der Waals surface area contributed by atoms with Crippen LogP contribution in [0.5, 0.6) is 5.75 Å². The highest BCUT2D eigenvalue weighted by Crippen LogP contribution is 2.35. The Kier molecular flexibility index (Phi) is 7.26. The number of imide groups is 1. The molecule has 2 aromatic carbocycles. The molecule has 0 bridgehead atoms. The molecule has 0 spiro atoms. The highest BCUT2D eigenvalue weighted by atomic mass is 16.5. The van der Waals surface area contributed by atoms with Gasteiger partial charge >= 0.3 is 0 Å². The first-order valence-corrected chi connectivity index (χ1v) is 13.5. The molecular weight excluding hydrogens is 476 g/mol. The number of fused-ring (bicyclic) bond motifs is 1. The Hall–Kier alpha value is -2.91. The summed E-state index contributed by atoms with van der Waals surface area (Å²) in [7, 11) is 10.9. The number of ether oxygens (including phenoxy) is 2. The van der Waals surface area contributed by atoms with Crippen LogP contribution in [0.1, 0.15) is 45.9 Å². The number of nitrogens with one attached hydrogen (secondary N) is 1. The van der Waals surface area contributed by atoms with E-state index in [-0.39, 0.29) is 36.1 Å². The van der Waals surface area contributed by atoms with Crippen molar-refractivity contribution < 1.29 is 23.9 Å². The van der Waals surface area contributed by atoms with Crippen LogP contribution < -0.4 is 21.0 Å². The fourth-order valence-corrected chi connectivity index (χ4v) is 6.40. The molecule has 2 unspecified atom stereocenters. The molecule has 38 heavy (non-hydrogen) atoms. The van der Waals surface area contributed by atoms with Gasteiger partial charge in [-0.15, -0.1) is 0 Å². The van der Waals surface area contributed by atoms with E-state index in [9.17, 15) is 14.4 Å². The van der Waals surface area contributed by atoms with Crippen LogP contribution in [0.4, 0.5) is 0 Å². The van der Waals surface area contributed by atoms with Crippen molar-refractivity contribution in [2.45, 2.75) is 36.8 Å². The number of carbonyl (C=O) groups is 3. The predicted octanol–water partition coefficient (Wildman–Crippen LogP) is -4.62. The summed E-state index contributed by atoms with van der Waals surface area (Å²) in [6.07, 6.45) is 0.566. The van der Waals surface area contributed by atoms with E-state index in [1.165, 1.54) is 16.5 Å². The number of piperidine rings is 1. The van der Waals surface area contributed by atoms with Gasteiger partial charge < -0.3 is 19.3 Å². The largest absolute Gasteiger partial charge is 0.495 e. The first-order chi connectivity index (χ1) is 18.1. The smallest absolute Gasteiger partial charge is 0.255 e. The van der Waals surface area contributed by atoms with Crippen molar-refractivity contribution in [1.29, 1.82) is 0 Å².